The summed E-state index contributed by atoms with van der Waals surface area (Å²) >= 11 is 1.50. The van der Waals surface area contributed by atoms with Crippen molar-refractivity contribution in [3.05, 3.63) is 16.0 Å². The Kier molecular flexibility index (Phi) is 3.67. The largest absolute Gasteiger partial charge is 0.365 e. The molecule has 104 valence electrons. The molecule has 0 saturated heterocycles. The number of amides is 2. The van der Waals surface area contributed by atoms with Gasteiger partial charge in [-0.15, -0.1) is 11.3 Å². The van der Waals surface area contributed by atoms with Gasteiger partial charge < -0.3 is 11.1 Å². The van der Waals surface area contributed by atoms with Gasteiger partial charge in [-0.1, -0.05) is 20.8 Å². The number of nitrogens with one attached hydrogen (secondary N) is 1. The standard InChI is InChI=1S/C14H20N2O2S/c1-14(2,3)7-10(17)16-13-11(12(15)18)8-5-4-6-9(8)19-13/h4-7H2,1-3H3,(H2,15,18)(H,16,17). The van der Waals surface area contributed by atoms with Gasteiger partial charge in [-0.25, -0.2) is 0 Å². The van der Waals surface area contributed by atoms with Gasteiger partial charge in [-0.05, 0) is 30.2 Å². The summed E-state index contributed by atoms with van der Waals surface area (Å²) in [4.78, 5) is 24.8. The molecule has 2 amide bonds. The molecule has 3 N–H and O–H groups in total. The Morgan fingerprint density at radius 2 is 2.00 bits per heavy atom. The van der Waals surface area contributed by atoms with Crippen LogP contribution in [0.2, 0.25) is 0 Å². The zero-order chi connectivity index (χ0) is 14.2. The van der Waals surface area contributed by atoms with Gasteiger partial charge in [0.15, 0.2) is 0 Å². The number of thiophene rings is 1. The maximum atomic E-state index is 12.0. The lowest BCUT2D eigenvalue weighted by Crippen LogP contribution is -2.21. The summed E-state index contributed by atoms with van der Waals surface area (Å²) in [7, 11) is 0. The summed E-state index contributed by atoms with van der Waals surface area (Å²) < 4.78 is 0. The number of rotatable bonds is 3. The molecule has 1 aliphatic carbocycles. The predicted octanol–water partition coefficient (Wildman–Crippen LogP) is 2.71. The van der Waals surface area contributed by atoms with Crippen molar-refractivity contribution < 1.29 is 9.59 Å². The van der Waals surface area contributed by atoms with Crippen molar-refractivity contribution in [3.8, 4) is 0 Å². The third-order valence-corrected chi connectivity index (χ3v) is 4.32. The van der Waals surface area contributed by atoms with Crippen LogP contribution in [0.3, 0.4) is 0 Å². The lowest BCUT2D eigenvalue weighted by atomic mass is 9.92. The highest BCUT2D eigenvalue weighted by atomic mass is 32.1. The van der Waals surface area contributed by atoms with E-state index in [1.807, 2.05) is 20.8 Å². The molecule has 1 aromatic heterocycles. The van der Waals surface area contributed by atoms with Crippen molar-refractivity contribution in [2.75, 3.05) is 5.32 Å². The normalized spacial score (nSPS) is 14.3. The number of hydrogen-bond acceptors (Lipinski definition) is 3. The molecular weight excluding hydrogens is 260 g/mol. The van der Waals surface area contributed by atoms with Crippen LogP contribution in [0.5, 0.6) is 0 Å². The molecule has 5 heteroatoms. The monoisotopic (exact) mass is 280 g/mol. The minimum Gasteiger partial charge on any atom is -0.365 e. The third kappa shape index (κ3) is 3.15. The van der Waals surface area contributed by atoms with E-state index in [1.54, 1.807) is 0 Å². The number of carbonyl (C=O) groups is 2. The maximum Gasteiger partial charge on any atom is 0.251 e. The number of fused-ring (bicyclic) bond motifs is 1. The van der Waals surface area contributed by atoms with E-state index in [4.69, 9.17) is 5.73 Å². The molecule has 0 spiro atoms. The van der Waals surface area contributed by atoms with Crippen molar-refractivity contribution in [1.29, 1.82) is 0 Å². The van der Waals surface area contributed by atoms with E-state index in [1.165, 1.54) is 16.2 Å². The molecular formula is C14H20N2O2S. The SMILES string of the molecule is CC(C)(C)CC(=O)Nc1sc2c(c1C(N)=O)CCC2. The quantitative estimate of drug-likeness (QED) is 0.893. The van der Waals surface area contributed by atoms with E-state index >= 15 is 0 Å². The van der Waals surface area contributed by atoms with Crippen LogP contribution < -0.4 is 11.1 Å². The van der Waals surface area contributed by atoms with E-state index in [0.29, 0.717) is 17.0 Å². The van der Waals surface area contributed by atoms with E-state index in [0.717, 1.165) is 24.8 Å². The first kappa shape index (κ1) is 14.1. The summed E-state index contributed by atoms with van der Waals surface area (Å²) in [5, 5.41) is 3.49. The number of hydrogen-bond donors (Lipinski definition) is 2. The van der Waals surface area contributed by atoms with Crippen molar-refractivity contribution in [2.24, 2.45) is 11.1 Å². The minimum atomic E-state index is -0.439. The molecule has 0 radical (unpaired) electrons. The van der Waals surface area contributed by atoms with Crippen molar-refractivity contribution in [3.63, 3.8) is 0 Å². The molecule has 0 atom stereocenters. The van der Waals surface area contributed by atoms with E-state index in [9.17, 15) is 9.59 Å². The molecule has 2 rings (SSSR count). The van der Waals surface area contributed by atoms with Crippen LogP contribution in [-0.4, -0.2) is 11.8 Å². The molecule has 0 unspecified atom stereocenters. The Labute approximate surface area is 117 Å². The van der Waals surface area contributed by atoms with Gasteiger partial charge in [0, 0.05) is 11.3 Å². The van der Waals surface area contributed by atoms with Gasteiger partial charge in [0.25, 0.3) is 5.91 Å². The second kappa shape index (κ2) is 4.96. The van der Waals surface area contributed by atoms with Gasteiger partial charge in [0.2, 0.25) is 5.91 Å². The smallest absolute Gasteiger partial charge is 0.251 e. The molecule has 1 aliphatic rings. The summed E-state index contributed by atoms with van der Waals surface area (Å²) in [6.45, 7) is 6.03. The van der Waals surface area contributed by atoms with Crippen molar-refractivity contribution in [1.82, 2.24) is 0 Å². The predicted molar refractivity (Wildman–Crippen MR) is 77.6 cm³/mol. The van der Waals surface area contributed by atoms with Gasteiger partial charge in [-0.2, -0.15) is 0 Å². The number of anilines is 1. The van der Waals surface area contributed by atoms with E-state index in [2.05, 4.69) is 5.32 Å². The maximum absolute atomic E-state index is 12.0. The molecule has 0 saturated carbocycles. The zero-order valence-electron chi connectivity index (χ0n) is 11.6. The molecule has 0 aromatic carbocycles. The molecule has 19 heavy (non-hydrogen) atoms. The molecule has 0 aliphatic heterocycles. The fraction of sp³-hybridized carbons (Fsp3) is 0.571. The van der Waals surface area contributed by atoms with Crippen LogP contribution in [0, 0.1) is 5.41 Å². The van der Waals surface area contributed by atoms with Gasteiger partial charge in [0.05, 0.1) is 5.56 Å². The number of nitrogens with two attached hydrogens (primary N) is 1. The van der Waals surface area contributed by atoms with Gasteiger partial charge in [0.1, 0.15) is 5.00 Å². The third-order valence-electron chi connectivity index (χ3n) is 3.11. The highest BCUT2D eigenvalue weighted by molar-refractivity contribution is 7.17. The molecule has 1 aromatic rings. The second-order valence-electron chi connectivity index (χ2n) is 6.21. The summed E-state index contributed by atoms with van der Waals surface area (Å²) in [5.74, 6) is -0.500. The topological polar surface area (TPSA) is 72.2 Å². The highest BCUT2D eigenvalue weighted by Crippen LogP contribution is 2.39. The Morgan fingerprint density at radius 3 is 2.58 bits per heavy atom. The molecule has 0 fully saturated rings. The Hall–Kier alpha value is -1.36. The fourth-order valence-electron chi connectivity index (χ4n) is 2.41. The molecule has 1 heterocycles. The van der Waals surface area contributed by atoms with Crippen LogP contribution in [0.15, 0.2) is 0 Å². The lowest BCUT2D eigenvalue weighted by molar-refractivity contribution is -0.117. The van der Waals surface area contributed by atoms with Crippen molar-refractivity contribution >= 4 is 28.2 Å². The van der Waals surface area contributed by atoms with Crippen LogP contribution in [0.4, 0.5) is 5.00 Å². The highest BCUT2D eigenvalue weighted by Gasteiger charge is 2.26. The lowest BCUT2D eigenvalue weighted by Gasteiger charge is -2.17. The van der Waals surface area contributed by atoms with Gasteiger partial charge in [-0.3, -0.25) is 9.59 Å². The average molecular weight is 280 g/mol. The summed E-state index contributed by atoms with van der Waals surface area (Å²) in [6, 6.07) is 0. The molecule has 4 nitrogen and oxygen atoms in total. The van der Waals surface area contributed by atoms with Gasteiger partial charge >= 0.3 is 0 Å². The summed E-state index contributed by atoms with van der Waals surface area (Å²) in [6.07, 6.45) is 3.36. The number of primary amides is 1. The van der Waals surface area contributed by atoms with Crippen LogP contribution in [-0.2, 0) is 17.6 Å². The van der Waals surface area contributed by atoms with Crippen molar-refractivity contribution in [2.45, 2.75) is 46.5 Å². The van der Waals surface area contributed by atoms with Crippen LogP contribution >= 0.6 is 11.3 Å². The summed E-state index contributed by atoms with van der Waals surface area (Å²) in [5.41, 5.74) is 6.95. The Balaban J connectivity index is 2.22. The average Bonchev–Trinajstić information content (AvgIpc) is 2.72. The first-order valence-corrected chi connectivity index (χ1v) is 7.34. The second-order valence-corrected chi connectivity index (χ2v) is 7.32. The van der Waals surface area contributed by atoms with E-state index < -0.39 is 5.91 Å². The van der Waals surface area contributed by atoms with E-state index in [-0.39, 0.29) is 11.3 Å². The molecule has 0 bridgehead atoms. The Bertz CT molecular complexity index is 526. The fourth-order valence-corrected chi connectivity index (χ4v) is 3.72. The first-order valence-electron chi connectivity index (χ1n) is 6.52. The number of carbonyl (C=O) groups excluding carboxylic acids is 2. The zero-order valence-corrected chi connectivity index (χ0v) is 12.4. The van der Waals surface area contributed by atoms with Crippen LogP contribution in [0.25, 0.3) is 0 Å². The first-order chi connectivity index (χ1) is 8.78. The van der Waals surface area contributed by atoms with Crippen LogP contribution in [0.1, 0.15) is 54.4 Å². The minimum absolute atomic E-state index is 0.0603. The Morgan fingerprint density at radius 1 is 1.32 bits per heavy atom. The number of aryl methyl sites for hydroxylation is 1.